The maximum atomic E-state index is 11.0. The first-order chi connectivity index (χ1) is 8.16. The Bertz CT molecular complexity index is 510. The Balaban J connectivity index is 2.13. The van der Waals surface area contributed by atoms with Gasteiger partial charge in [-0.25, -0.2) is 0 Å². The zero-order valence-corrected chi connectivity index (χ0v) is 10.2. The summed E-state index contributed by atoms with van der Waals surface area (Å²) in [6.45, 7) is 2.06. The topological polar surface area (TPSA) is 68.0 Å². The van der Waals surface area contributed by atoms with Crippen LogP contribution >= 0.6 is 11.3 Å². The van der Waals surface area contributed by atoms with E-state index in [1.54, 1.807) is 23.6 Å². The van der Waals surface area contributed by atoms with Gasteiger partial charge >= 0.3 is 0 Å². The van der Waals surface area contributed by atoms with Gasteiger partial charge < -0.3 is 11.1 Å². The van der Waals surface area contributed by atoms with Gasteiger partial charge in [-0.05, 0) is 41.4 Å². The lowest BCUT2D eigenvalue weighted by Crippen LogP contribution is -2.14. The van der Waals surface area contributed by atoms with Gasteiger partial charge in [0.2, 0.25) is 0 Å². The number of amides is 1. The molecule has 1 atom stereocenters. The molecule has 0 spiro atoms. The molecule has 17 heavy (non-hydrogen) atoms. The fourth-order valence-electron chi connectivity index (χ4n) is 1.51. The number of hydrogen-bond acceptors (Lipinski definition) is 4. The summed E-state index contributed by atoms with van der Waals surface area (Å²) in [5, 5.41) is 7.43. The van der Waals surface area contributed by atoms with Crippen molar-refractivity contribution in [2.75, 3.05) is 5.32 Å². The molecule has 2 heterocycles. The summed E-state index contributed by atoms with van der Waals surface area (Å²) in [6, 6.07) is 5.73. The third-order valence-corrected chi connectivity index (χ3v) is 3.14. The highest BCUT2D eigenvalue weighted by atomic mass is 32.1. The van der Waals surface area contributed by atoms with Crippen LogP contribution in [0.25, 0.3) is 0 Å². The van der Waals surface area contributed by atoms with E-state index in [-0.39, 0.29) is 11.7 Å². The molecule has 0 saturated heterocycles. The lowest BCUT2D eigenvalue weighted by atomic mass is 10.1. The van der Waals surface area contributed by atoms with Crippen LogP contribution < -0.4 is 11.1 Å². The van der Waals surface area contributed by atoms with Crippen molar-refractivity contribution in [1.82, 2.24) is 4.98 Å². The number of rotatable bonds is 4. The predicted octanol–water partition coefficient (Wildman–Crippen LogP) is 2.42. The van der Waals surface area contributed by atoms with E-state index >= 15 is 0 Å². The average molecular weight is 247 g/mol. The van der Waals surface area contributed by atoms with Crippen LogP contribution in [0.4, 0.5) is 5.69 Å². The lowest BCUT2D eigenvalue weighted by molar-refractivity contribution is 0.0995. The molecule has 1 unspecified atom stereocenters. The van der Waals surface area contributed by atoms with E-state index in [1.165, 1.54) is 5.56 Å². The minimum atomic E-state index is -0.517. The Kier molecular flexibility index (Phi) is 3.39. The van der Waals surface area contributed by atoms with Gasteiger partial charge in [-0.3, -0.25) is 9.78 Å². The number of hydrogen-bond donors (Lipinski definition) is 2. The molecule has 3 N–H and O–H groups in total. The summed E-state index contributed by atoms with van der Waals surface area (Å²) in [5.74, 6) is -0.517. The third kappa shape index (κ3) is 2.82. The monoisotopic (exact) mass is 247 g/mol. The van der Waals surface area contributed by atoms with Crippen LogP contribution in [0.1, 0.15) is 29.0 Å². The van der Waals surface area contributed by atoms with Crippen molar-refractivity contribution < 1.29 is 4.79 Å². The van der Waals surface area contributed by atoms with E-state index in [0.717, 1.165) is 5.69 Å². The molecule has 88 valence electrons. The summed E-state index contributed by atoms with van der Waals surface area (Å²) in [5.41, 5.74) is 7.51. The highest BCUT2D eigenvalue weighted by Gasteiger charge is 2.07. The van der Waals surface area contributed by atoms with Gasteiger partial charge in [-0.15, -0.1) is 0 Å². The zero-order valence-electron chi connectivity index (χ0n) is 9.38. The van der Waals surface area contributed by atoms with Crippen molar-refractivity contribution in [3.8, 4) is 0 Å². The summed E-state index contributed by atoms with van der Waals surface area (Å²) >= 11 is 1.66. The number of primary amides is 1. The summed E-state index contributed by atoms with van der Waals surface area (Å²) in [6.07, 6.45) is 1.57. The smallest absolute Gasteiger partial charge is 0.267 e. The molecule has 0 saturated carbocycles. The molecule has 0 radical (unpaired) electrons. The van der Waals surface area contributed by atoms with E-state index < -0.39 is 5.91 Å². The van der Waals surface area contributed by atoms with Gasteiger partial charge in [-0.1, -0.05) is 0 Å². The number of thiophene rings is 1. The van der Waals surface area contributed by atoms with Crippen LogP contribution in [0.15, 0.2) is 35.2 Å². The number of carbonyl (C=O) groups is 1. The molecule has 4 nitrogen and oxygen atoms in total. The average Bonchev–Trinajstić information content (AvgIpc) is 2.82. The van der Waals surface area contributed by atoms with E-state index in [9.17, 15) is 4.79 Å². The molecule has 0 aliphatic carbocycles. The summed E-state index contributed by atoms with van der Waals surface area (Å²) in [7, 11) is 0. The first-order valence-electron chi connectivity index (χ1n) is 5.21. The van der Waals surface area contributed by atoms with Crippen molar-refractivity contribution in [3.05, 3.63) is 46.4 Å². The summed E-state index contributed by atoms with van der Waals surface area (Å²) in [4.78, 5) is 14.9. The highest BCUT2D eigenvalue weighted by Crippen LogP contribution is 2.21. The normalized spacial score (nSPS) is 12.1. The molecule has 0 aromatic carbocycles. The van der Waals surface area contributed by atoms with Crippen molar-refractivity contribution in [1.29, 1.82) is 0 Å². The highest BCUT2D eigenvalue weighted by molar-refractivity contribution is 7.07. The van der Waals surface area contributed by atoms with Gasteiger partial charge in [0.25, 0.3) is 5.91 Å². The SMILES string of the molecule is CC(Nc1ccnc(C(N)=O)c1)c1ccsc1. The van der Waals surface area contributed by atoms with E-state index in [0.29, 0.717) is 0 Å². The van der Waals surface area contributed by atoms with Gasteiger partial charge in [0.1, 0.15) is 5.69 Å². The number of carbonyl (C=O) groups excluding carboxylic acids is 1. The first-order valence-corrected chi connectivity index (χ1v) is 6.15. The van der Waals surface area contributed by atoms with Crippen LogP contribution in [0.5, 0.6) is 0 Å². The molecule has 0 fully saturated rings. The molecule has 0 aliphatic heterocycles. The minimum Gasteiger partial charge on any atom is -0.378 e. The Morgan fingerprint density at radius 1 is 1.53 bits per heavy atom. The van der Waals surface area contributed by atoms with Gasteiger partial charge in [0, 0.05) is 17.9 Å². The van der Waals surface area contributed by atoms with E-state index in [4.69, 9.17) is 5.73 Å². The summed E-state index contributed by atoms with van der Waals surface area (Å²) < 4.78 is 0. The fraction of sp³-hybridized carbons (Fsp3) is 0.167. The Labute approximate surface area is 103 Å². The first kappa shape index (κ1) is 11.6. The zero-order chi connectivity index (χ0) is 12.3. The predicted molar refractivity (Wildman–Crippen MR) is 69.1 cm³/mol. The number of pyridine rings is 1. The largest absolute Gasteiger partial charge is 0.378 e. The number of nitrogens with one attached hydrogen (secondary N) is 1. The third-order valence-electron chi connectivity index (χ3n) is 2.44. The molecule has 1 amide bonds. The second-order valence-corrected chi connectivity index (χ2v) is 4.50. The molecular formula is C12H13N3OS. The maximum Gasteiger partial charge on any atom is 0.267 e. The number of nitrogens with two attached hydrogens (primary N) is 1. The molecule has 2 rings (SSSR count). The van der Waals surface area contributed by atoms with Gasteiger partial charge in [-0.2, -0.15) is 11.3 Å². The minimum absolute atomic E-state index is 0.185. The van der Waals surface area contributed by atoms with Gasteiger partial charge in [0.05, 0.1) is 0 Å². The second kappa shape index (κ2) is 4.97. The van der Waals surface area contributed by atoms with Crippen molar-refractivity contribution in [2.45, 2.75) is 13.0 Å². The van der Waals surface area contributed by atoms with Crippen LogP contribution in [0, 0.1) is 0 Å². The van der Waals surface area contributed by atoms with E-state index in [2.05, 4.69) is 28.7 Å². The van der Waals surface area contributed by atoms with Crippen molar-refractivity contribution >= 4 is 22.9 Å². The number of anilines is 1. The van der Waals surface area contributed by atoms with Crippen molar-refractivity contribution in [3.63, 3.8) is 0 Å². The molecule has 0 aliphatic rings. The molecular weight excluding hydrogens is 234 g/mol. The van der Waals surface area contributed by atoms with Crippen LogP contribution in [-0.4, -0.2) is 10.9 Å². The van der Waals surface area contributed by atoms with Crippen molar-refractivity contribution in [2.24, 2.45) is 5.73 Å². The Hall–Kier alpha value is -1.88. The van der Waals surface area contributed by atoms with Crippen LogP contribution in [0.3, 0.4) is 0 Å². The maximum absolute atomic E-state index is 11.0. The Morgan fingerprint density at radius 2 is 2.35 bits per heavy atom. The molecule has 0 bridgehead atoms. The Morgan fingerprint density at radius 3 is 3.00 bits per heavy atom. The standard InChI is InChI=1S/C12H13N3OS/c1-8(9-3-5-17-7-9)15-10-2-4-14-11(6-10)12(13)16/h2-8H,1H3,(H2,13,16)(H,14,15). The number of nitrogens with zero attached hydrogens (tertiary/aromatic N) is 1. The van der Waals surface area contributed by atoms with Gasteiger partial charge in [0.15, 0.2) is 0 Å². The second-order valence-electron chi connectivity index (χ2n) is 3.72. The quantitative estimate of drug-likeness (QED) is 0.871. The lowest BCUT2D eigenvalue weighted by Gasteiger charge is -2.14. The molecule has 2 aromatic rings. The number of aromatic nitrogens is 1. The molecule has 2 aromatic heterocycles. The van der Waals surface area contributed by atoms with E-state index in [1.807, 2.05) is 11.4 Å². The van der Waals surface area contributed by atoms with Crippen LogP contribution in [0.2, 0.25) is 0 Å². The molecule has 5 heteroatoms. The fourth-order valence-corrected chi connectivity index (χ4v) is 2.26. The van der Waals surface area contributed by atoms with Crippen LogP contribution in [-0.2, 0) is 0 Å².